The van der Waals surface area contributed by atoms with E-state index in [9.17, 15) is 16.8 Å². The van der Waals surface area contributed by atoms with Gasteiger partial charge in [-0.3, -0.25) is 9.11 Å². The summed E-state index contributed by atoms with van der Waals surface area (Å²) in [4.78, 5) is -1.44. The zero-order chi connectivity index (χ0) is 12.6. The zero-order valence-corrected chi connectivity index (χ0v) is 9.10. The Bertz CT molecular complexity index is 633. The van der Waals surface area contributed by atoms with E-state index in [2.05, 4.69) is 5.11 Å². The van der Waals surface area contributed by atoms with E-state index in [1.54, 1.807) is 0 Å². The number of benzene rings is 1. The highest BCUT2D eigenvalue weighted by molar-refractivity contribution is 7.86. The maximum Gasteiger partial charge on any atom is 0.296 e. The molecule has 0 spiro atoms. The van der Waals surface area contributed by atoms with Crippen molar-refractivity contribution in [1.29, 1.82) is 0 Å². The van der Waals surface area contributed by atoms with Gasteiger partial charge in [-0.2, -0.15) is 16.8 Å². The van der Waals surface area contributed by atoms with Crippen LogP contribution < -0.4 is 5.53 Å². The van der Waals surface area contributed by atoms with Crippen LogP contribution in [0, 0.1) is 0 Å². The van der Waals surface area contributed by atoms with E-state index in [1.807, 2.05) is 0 Å². The van der Waals surface area contributed by atoms with E-state index in [1.165, 1.54) is 0 Å². The summed E-state index contributed by atoms with van der Waals surface area (Å²) in [6.45, 7) is 0. The zero-order valence-electron chi connectivity index (χ0n) is 7.47. The van der Waals surface area contributed by atoms with Crippen LogP contribution in [0.25, 0.3) is 0 Å². The van der Waals surface area contributed by atoms with Crippen LogP contribution in [0.4, 0.5) is 5.69 Å². The van der Waals surface area contributed by atoms with Crippen molar-refractivity contribution in [2.75, 3.05) is 0 Å². The fourth-order valence-corrected chi connectivity index (χ4v) is 2.06. The predicted octanol–water partition coefficient (Wildman–Crippen LogP) is 0.0638. The van der Waals surface area contributed by atoms with Gasteiger partial charge >= 0.3 is 0 Å². The summed E-state index contributed by atoms with van der Waals surface area (Å²) in [5.41, 5.74) is 7.75. The second kappa shape index (κ2) is 3.90. The van der Waals surface area contributed by atoms with E-state index in [0.29, 0.717) is 12.1 Å². The standard InChI is InChI=1S/C6H5N2O6S2/c7-8-5-3-4(15(9,10)11)1-2-6(5)16(12,13)14/h1-3H,(H,9,10,11)(H,12,13,14). The second-order valence-corrected chi connectivity index (χ2v) is 5.49. The molecule has 16 heavy (non-hydrogen) atoms. The molecular weight excluding hydrogens is 260 g/mol. The monoisotopic (exact) mass is 265 g/mol. The first-order valence-electron chi connectivity index (χ1n) is 3.60. The summed E-state index contributed by atoms with van der Waals surface area (Å²) in [6.07, 6.45) is 0. The summed E-state index contributed by atoms with van der Waals surface area (Å²) in [6, 6.07) is 2.03. The fourth-order valence-electron chi connectivity index (χ4n) is 0.954. The first-order chi connectivity index (χ1) is 7.16. The minimum Gasteiger partial charge on any atom is -0.282 e. The van der Waals surface area contributed by atoms with Crippen molar-refractivity contribution < 1.29 is 25.9 Å². The SMILES string of the molecule is [N]=Nc1cc(S(=O)(=O)O)ccc1S(=O)(=O)O. The smallest absolute Gasteiger partial charge is 0.282 e. The van der Waals surface area contributed by atoms with Gasteiger partial charge in [0.15, 0.2) is 0 Å². The third kappa shape index (κ3) is 2.61. The highest BCUT2D eigenvalue weighted by Gasteiger charge is 2.19. The Hall–Kier alpha value is -1.36. The lowest BCUT2D eigenvalue weighted by molar-refractivity contribution is 0.478. The summed E-state index contributed by atoms with van der Waals surface area (Å²) in [5, 5.41) is 2.50. The van der Waals surface area contributed by atoms with Crippen molar-refractivity contribution in [2.24, 2.45) is 5.11 Å². The lowest BCUT2D eigenvalue weighted by Crippen LogP contribution is -2.02. The fraction of sp³-hybridized carbons (Fsp3) is 0. The second-order valence-electron chi connectivity index (χ2n) is 2.68. The predicted molar refractivity (Wildman–Crippen MR) is 50.3 cm³/mol. The Morgan fingerprint density at radius 3 is 2.00 bits per heavy atom. The Balaban J connectivity index is 3.58. The van der Waals surface area contributed by atoms with Crippen molar-refractivity contribution in [1.82, 2.24) is 5.53 Å². The molecule has 0 aliphatic carbocycles. The number of rotatable bonds is 3. The largest absolute Gasteiger partial charge is 0.296 e. The van der Waals surface area contributed by atoms with Gasteiger partial charge in [-0.15, -0.1) is 5.11 Å². The van der Waals surface area contributed by atoms with Gasteiger partial charge in [0.1, 0.15) is 10.6 Å². The van der Waals surface area contributed by atoms with Gasteiger partial charge in [-0.05, 0) is 23.7 Å². The van der Waals surface area contributed by atoms with E-state index in [0.717, 1.165) is 6.07 Å². The lowest BCUT2D eigenvalue weighted by Gasteiger charge is -2.02. The average molecular weight is 265 g/mol. The Labute approximate surface area is 90.9 Å². The molecule has 1 aromatic carbocycles. The van der Waals surface area contributed by atoms with Crippen molar-refractivity contribution in [3.63, 3.8) is 0 Å². The first-order valence-corrected chi connectivity index (χ1v) is 6.48. The molecule has 0 aliphatic heterocycles. The number of hydrogen-bond donors (Lipinski definition) is 2. The summed E-state index contributed by atoms with van der Waals surface area (Å²) in [5.74, 6) is 0. The van der Waals surface area contributed by atoms with Gasteiger partial charge in [0, 0.05) is 0 Å². The van der Waals surface area contributed by atoms with Crippen LogP contribution in [0.1, 0.15) is 0 Å². The lowest BCUT2D eigenvalue weighted by atomic mass is 10.3. The van der Waals surface area contributed by atoms with E-state index >= 15 is 0 Å². The van der Waals surface area contributed by atoms with Gasteiger partial charge in [0.05, 0.1) is 4.90 Å². The number of hydrogen-bond acceptors (Lipinski definition) is 5. The molecule has 87 valence electrons. The molecule has 0 saturated carbocycles. The minimum atomic E-state index is -4.64. The Kier molecular flexibility index (Phi) is 3.10. The molecule has 0 aliphatic rings. The van der Waals surface area contributed by atoms with E-state index in [-0.39, 0.29) is 0 Å². The topological polar surface area (TPSA) is 143 Å². The molecule has 8 nitrogen and oxygen atoms in total. The molecule has 0 fully saturated rings. The van der Waals surface area contributed by atoms with Crippen LogP contribution in [0.5, 0.6) is 0 Å². The van der Waals surface area contributed by atoms with Crippen molar-refractivity contribution >= 4 is 25.9 Å². The van der Waals surface area contributed by atoms with Gasteiger partial charge in [-0.1, -0.05) is 0 Å². The Morgan fingerprint density at radius 1 is 1.06 bits per heavy atom. The van der Waals surface area contributed by atoms with Crippen molar-refractivity contribution in [3.05, 3.63) is 18.2 Å². The van der Waals surface area contributed by atoms with E-state index in [4.69, 9.17) is 14.6 Å². The summed E-state index contributed by atoms with van der Waals surface area (Å²) >= 11 is 0. The highest BCUT2D eigenvalue weighted by atomic mass is 32.2. The minimum absolute atomic E-state index is 0.596. The maximum atomic E-state index is 10.7. The molecule has 0 aromatic heterocycles. The summed E-state index contributed by atoms with van der Waals surface area (Å²) < 4.78 is 60.2. The van der Waals surface area contributed by atoms with Crippen LogP contribution in [0.15, 0.2) is 33.1 Å². The van der Waals surface area contributed by atoms with Crippen LogP contribution in [0.2, 0.25) is 0 Å². The molecule has 0 unspecified atom stereocenters. The van der Waals surface area contributed by atoms with Crippen LogP contribution in [-0.4, -0.2) is 25.9 Å². The molecule has 0 atom stereocenters. The summed E-state index contributed by atoms with van der Waals surface area (Å²) in [7, 11) is -9.18. The molecule has 0 amide bonds. The first kappa shape index (κ1) is 12.7. The third-order valence-corrected chi connectivity index (χ3v) is 3.36. The average Bonchev–Trinajstić information content (AvgIpc) is 2.14. The third-order valence-electron chi connectivity index (χ3n) is 1.61. The van der Waals surface area contributed by atoms with Gasteiger partial charge in [0.25, 0.3) is 20.2 Å². The molecule has 0 bridgehead atoms. The molecular formula is C6H5N2O6S2. The van der Waals surface area contributed by atoms with Crippen molar-refractivity contribution in [3.8, 4) is 0 Å². The van der Waals surface area contributed by atoms with E-state index < -0.39 is 35.7 Å². The van der Waals surface area contributed by atoms with Gasteiger partial charge < -0.3 is 0 Å². The Morgan fingerprint density at radius 2 is 1.62 bits per heavy atom. The van der Waals surface area contributed by atoms with Crippen LogP contribution in [0.3, 0.4) is 0 Å². The van der Waals surface area contributed by atoms with Gasteiger partial charge in [-0.25, -0.2) is 0 Å². The maximum absolute atomic E-state index is 10.7. The molecule has 1 rings (SSSR count). The number of nitrogens with zero attached hydrogens (tertiary/aromatic N) is 2. The molecule has 1 aromatic rings. The van der Waals surface area contributed by atoms with Crippen molar-refractivity contribution in [2.45, 2.75) is 9.79 Å². The highest BCUT2D eigenvalue weighted by Crippen LogP contribution is 2.26. The molecule has 0 saturated heterocycles. The molecule has 0 heterocycles. The quantitative estimate of drug-likeness (QED) is 0.584. The molecule has 1 radical (unpaired) electrons. The molecule has 10 heteroatoms. The van der Waals surface area contributed by atoms with Crippen LogP contribution >= 0.6 is 0 Å². The normalized spacial score (nSPS) is 12.4. The van der Waals surface area contributed by atoms with Crippen LogP contribution in [-0.2, 0) is 20.2 Å². The van der Waals surface area contributed by atoms with Gasteiger partial charge in [0.2, 0.25) is 0 Å². The molecule has 2 N–H and O–H groups in total.